The quantitative estimate of drug-likeness (QED) is 0.246. The molecule has 2 amide bonds. The zero-order chi connectivity index (χ0) is 24.1. The van der Waals surface area contributed by atoms with Crippen LogP contribution in [0.15, 0.2) is 70.8 Å². The fourth-order valence-electron chi connectivity index (χ4n) is 3.54. The average molecular weight is 513 g/mol. The van der Waals surface area contributed by atoms with E-state index in [1.54, 1.807) is 66.1 Å². The molecule has 4 aromatic rings. The molecule has 0 saturated heterocycles. The molecule has 0 atom stereocenters. The molecular weight excluding hydrogens is 491 g/mol. The second-order valence-electron chi connectivity index (χ2n) is 7.12. The number of pyridine rings is 2. The summed E-state index contributed by atoms with van der Waals surface area (Å²) in [5, 5.41) is 7.69. The van der Waals surface area contributed by atoms with Crippen LogP contribution in [0.25, 0.3) is 22.0 Å². The summed E-state index contributed by atoms with van der Waals surface area (Å²) >= 11 is 9.42. The summed E-state index contributed by atoms with van der Waals surface area (Å²) in [6.07, 6.45) is 3.27. The Morgan fingerprint density at radius 3 is 2.59 bits per heavy atom. The first-order chi connectivity index (χ1) is 16.5. The van der Waals surface area contributed by atoms with Crippen LogP contribution < -0.4 is 10.6 Å². The molecule has 0 bridgehead atoms. The number of fused-ring (bicyclic) bond motifs is 1. The first-order valence-corrected chi connectivity index (χ1v) is 13.0. The molecule has 0 radical (unpaired) electrons. The second-order valence-corrected chi connectivity index (χ2v) is 10.1. The molecule has 2 aromatic heterocycles. The summed E-state index contributed by atoms with van der Waals surface area (Å²) in [7, 11) is 0. The van der Waals surface area contributed by atoms with Crippen LogP contribution in [0.4, 0.5) is 20.6 Å². The van der Waals surface area contributed by atoms with E-state index in [9.17, 15) is 9.18 Å². The van der Waals surface area contributed by atoms with E-state index in [1.807, 2.05) is 19.9 Å². The van der Waals surface area contributed by atoms with Gasteiger partial charge in [-0.1, -0.05) is 43.6 Å². The Morgan fingerprint density at radius 1 is 1.03 bits per heavy atom. The zero-order valence-corrected chi connectivity index (χ0v) is 21.0. The van der Waals surface area contributed by atoms with Gasteiger partial charge in [-0.05, 0) is 41.8 Å². The van der Waals surface area contributed by atoms with E-state index >= 15 is 0 Å². The van der Waals surface area contributed by atoms with Crippen molar-refractivity contribution in [2.24, 2.45) is 0 Å². The number of carbonyl (C=O) groups excluding carboxylic acids is 1. The molecule has 2 heterocycles. The van der Waals surface area contributed by atoms with Crippen molar-refractivity contribution in [2.45, 2.75) is 23.8 Å². The Bertz CT molecular complexity index is 1330. The van der Waals surface area contributed by atoms with Gasteiger partial charge in [0.25, 0.3) is 0 Å². The summed E-state index contributed by atoms with van der Waals surface area (Å²) in [5.74, 6) is 1.26. The molecular formula is C25H22ClFN4OS2. The summed E-state index contributed by atoms with van der Waals surface area (Å²) in [6, 6.07) is 13.1. The first kappa shape index (κ1) is 24.3. The topological polar surface area (TPSA) is 66.9 Å². The van der Waals surface area contributed by atoms with Gasteiger partial charge in [-0.25, -0.2) is 14.2 Å². The van der Waals surface area contributed by atoms with E-state index in [0.29, 0.717) is 38.4 Å². The van der Waals surface area contributed by atoms with E-state index in [2.05, 4.69) is 20.6 Å². The van der Waals surface area contributed by atoms with Gasteiger partial charge in [0.05, 0.1) is 23.1 Å². The first-order valence-electron chi connectivity index (χ1n) is 10.7. The van der Waals surface area contributed by atoms with Gasteiger partial charge in [-0.2, -0.15) is 0 Å². The Labute approximate surface area is 210 Å². The number of hydrogen-bond donors (Lipinski definition) is 2. The van der Waals surface area contributed by atoms with Crippen molar-refractivity contribution in [3.05, 3.63) is 71.8 Å². The zero-order valence-electron chi connectivity index (χ0n) is 18.6. The van der Waals surface area contributed by atoms with E-state index in [4.69, 9.17) is 11.6 Å². The number of anilines is 2. The molecule has 34 heavy (non-hydrogen) atoms. The summed E-state index contributed by atoms with van der Waals surface area (Å²) < 4.78 is 14.8. The van der Waals surface area contributed by atoms with Crippen molar-refractivity contribution >= 4 is 63.4 Å². The monoisotopic (exact) mass is 512 g/mol. The Morgan fingerprint density at radius 2 is 1.82 bits per heavy atom. The lowest BCUT2D eigenvalue weighted by molar-refractivity contribution is 0.262. The van der Waals surface area contributed by atoms with Gasteiger partial charge in [0.1, 0.15) is 10.8 Å². The van der Waals surface area contributed by atoms with Crippen LogP contribution in [0.1, 0.15) is 13.8 Å². The summed E-state index contributed by atoms with van der Waals surface area (Å²) in [5.41, 5.74) is 2.53. The van der Waals surface area contributed by atoms with Crippen molar-refractivity contribution in [1.82, 2.24) is 9.97 Å². The van der Waals surface area contributed by atoms with Crippen LogP contribution in [-0.2, 0) is 0 Å². The fourth-order valence-corrected chi connectivity index (χ4v) is 5.25. The Kier molecular flexibility index (Phi) is 7.92. The lowest BCUT2D eigenvalue weighted by Crippen LogP contribution is -2.21. The lowest BCUT2D eigenvalue weighted by Gasteiger charge is -2.17. The van der Waals surface area contributed by atoms with Gasteiger partial charge < -0.3 is 10.6 Å². The maximum atomic E-state index is 14.8. The van der Waals surface area contributed by atoms with E-state index in [0.717, 1.165) is 21.4 Å². The largest absolute Gasteiger partial charge is 0.323 e. The summed E-state index contributed by atoms with van der Waals surface area (Å²) in [6.45, 7) is 4.08. The fraction of sp³-hybridized carbons (Fsp3) is 0.160. The third-order valence-electron chi connectivity index (χ3n) is 4.92. The standard InChI is InChI=1S/C25H22ClFN4OS2/c1-3-33-21-11-12-28-24(34-4-2)23(21)31-25(32)30-20-14-29-19-10-9-15(26)13-17(19)22(20)16-7-5-6-8-18(16)27/h5-14H,3-4H2,1-2H3,(H2,30,31,32). The highest BCUT2D eigenvalue weighted by Gasteiger charge is 2.19. The number of halogens is 2. The number of aromatic nitrogens is 2. The molecule has 5 nitrogen and oxygen atoms in total. The van der Waals surface area contributed by atoms with Crippen molar-refractivity contribution in [2.75, 3.05) is 22.1 Å². The van der Waals surface area contributed by atoms with Crippen LogP contribution >= 0.6 is 35.1 Å². The molecule has 4 rings (SSSR count). The number of rotatable bonds is 7. The SMILES string of the molecule is CCSc1ccnc(SCC)c1NC(=O)Nc1cnc2ccc(Cl)cc2c1-c1ccccc1F. The highest BCUT2D eigenvalue weighted by atomic mass is 35.5. The normalized spacial score (nSPS) is 10.9. The van der Waals surface area contributed by atoms with Gasteiger partial charge in [-0.15, -0.1) is 23.5 Å². The summed E-state index contributed by atoms with van der Waals surface area (Å²) in [4.78, 5) is 23.0. The molecule has 174 valence electrons. The van der Waals surface area contributed by atoms with E-state index < -0.39 is 11.8 Å². The van der Waals surface area contributed by atoms with Crippen LogP contribution in [0.3, 0.4) is 0 Å². The third-order valence-corrected chi connectivity index (χ3v) is 6.97. The number of amides is 2. The van der Waals surface area contributed by atoms with Gasteiger partial charge in [0.15, 0.2) is 0 Å². The van der Waals surface area contributed by atoms with Crippen LogP contribution in [0.2, 0.25) is 5.02 Å². The minimum atomic E-state index is -0.468. The number of urea groups is 1. The van der Waals surface area contributed by atoms with E-state index in [1.165, 1.54) is 12.3 Å². The highest BCUT2D eigenvalue weighted by Crippen LogP contribution is 2.38. The minimum absolute atomic E-state index is 0.346. The number of nitrogens with one attached hydrogen (secondary N) is 2. The van der Waals surface area contributed by atoms with Crippen molar-refractivity contribution < 1.29 is 9.18 Å². The number of nitrogens with zero attached hydrogens (tertiary/aromatic N) is 2. The predicted octanol–water partition coefficient (Wildman–Crippen LogP) is 7.96. The molecule has 0 unspecified atom stereocenters. The van der Waals surface area contributed by atoms with Crippen molar-refractivity contribution in [3.63, 3.8) is 0 Å². The smallest absolute Gasteiger partial charge is 0.306 e. The molecule has 0 saturated carbocycles. The number of carbonyl (C=O) groups is 1. The number of hydrogen-bond acceptors (Lipinski definition) is 5. The van der Waals surface area contributed by atoms with E-state index in [-0.39, 0.29) is 0 Å². The molecule has 2 N–H and O–H groups in total. The molecule has 0 aliphatic heterocycles. The Hall–Kier alpha value is -2.81. The van der Waals surface area contributed by atoms with Crippen LogP contribution in [0.5, 0.6) is 0 Å². The second kappa shape index (κ2) is 11.1. The third kappa shape index (κ3) is 5.29. The Balaban J connectivity index is 1.76. The highest BCUT2D eigenvalue weighted by molar-refractivity contribution is 8.00. The van der Waals surface area contributed by atoms with Gasteiger partial charge in [0.2, 0.25) is 0 Å². The predicted molar refractivity (Wildman–Crippen MR) is 142 cm³/mol. The molecule has 2 aromatic carbocycles. The number of benzene rings is 2. The van der Waals surface area contributed by atoms with Gasteiger partial charge in [-0.3, -0.25) is 4.98 Å². The molecule has 0 fully saturated rings. The van der Waals surface area contributed by atoms with Crippen molar-refractivity contribution in [1.29, 1.82) is 0 Å². The average Bonchev–Trinajstić information content (AvgIpc) is 2.82. The van der Waals surface area contributed by atoms with Crippen LogP contribution in [-0.4, -0.2) is 27.5 Å². The molecule has 0 aliphatic rings. The molecule has 0 aliphatic carbocycles. The molecule has 0 spiro atoms. The van der Waals surface area contributed by atoms with Crippen LogP contribution in [0, 0.1) is 5.82 Å². The maximum absolute atomic E-state index is 14.8. The molecule has 9 heteroatoms. The maximum Gasteiger partial charge on any atom is 0.323 e. The van der Waals surface area contributed by atoms with Gasteiger partial charge >= 0.3 is 6.03 Å². The number of thioether (sulfide) groups is 2. The van der Waals surface area contributed by atoms with Gasteiger partial charge in [0, 0.05) is 32.6 Å². The minimum Gasteiger partial charge on any atom is -0.306 e. The lowest BCUT2D eigenvalue weighted by atomic mass is 9.99. The van der Waals surface area contributed by atoms with Crippen molar-refractivity contribution in [3.8, 4) is 11.1 Å².